The maximum atomic E-state index is 12.8. The molecule has 3 rings (SSSR count). The number of carbonyl (C=O) groups is 2. The second-order valence-corrected chi connectivity index (χ2v) is 7.97. The van der Waals surface area contributed by atoms with Gasteiger partial charge < -0.3 is 15.6 Å². The van der Waals surface area contributed by atoms with Gasteiger partial charge in [-0.05, 0) is 55.7 Å². The maximum absolute atomic E-state index is 12.8. The zero-order chi connectivity index (χ0) is 21.0. The lowest BCUT2D eigenvalue weighted by Crippen LogP contribution is -2.46. The summed E-state index contributed by atoms with van der Waals surface area (Å²) in [5.74, 6) is 0.476. The highest BCUT2D eigenvalue weighted by Crippen LogP contribution is 2.22. The molecule has 0 aliphatic rings. The number of benzene rings is 2. The van der Waals surface area contributed by atoms with Crippen LogP contribution in [0.25, 0.3) is 11.0 Å². The third-order valence-corrected chi connectivity index (χ3v) is 4.86. The second-order valence-electron chi connectivity index (χ2n) is 7.53. The highest BCUT2D eigenvalue weighted by atomic mass is 35.5. The molecule has 3 N–H and O–H groups in total. The molecule has 7 heteroatoms. The van der Waals surface area contributed by atoms with E-state index in [9.17, 15) is 9.59 Å². The molecule has 2 atom stereocenters. The first-order valence-electron chi connectivity index (χ1n) is 9.65. The molecule has 1 aromatic heterocycles. The van der Waals surface area contributed by atoms with Crippen molar-refractivity contribution < 1.29 is 9.59 Å². The Balaban J connectivity index is 1.70. The van der Waals surface area contributed by atoms with Gasteiger partial charge in [-0.3, -0.25) is 9.59 Å². The molecule has 0 bridgehead atoms. The number of fused-ring (bicyclic) bond motifs is 1. The maximum Gasteiger partial charge on any atom is 0.251 e. The third-order valence-electron chi connectivity index (χ3n) is 4.61. The smallest absolute Gasteiger partial charge is 0.251 e. The molecule has 2 unspecified atom stereocenters. The highest BCUT2D eigenvalue weighted by Gasteiger charge is 2.23. The van der Waals surface area contributed by atoms with Gasteiger partial charge in [0.2, 0.25) is 5.91 Å². The Morgan fingerprint density at radius 1 is 1.03 bits per heavy atom. The van der Waals surface area contributed by atoms with Crippen LogP contribution in [0.15, 0.2) is 48.5 Å². The molecule has 3 aromatic rings. The predicted octanol–water partition coefficient (Wildman–Crippen LogP) is 4.24. The van der Waals surface area contributed by atoms with E-state index in [2.05, 4.69) is 34.4 Å². The van der Waals surface area contributed by atoms with Crippen molar-refractivity contribution in [3.63, 3.8) is 0 Å². The van der Waals surface area contributed by atoms with E-state index in [0.29, 0.717) is 22.3 Å². The van der Waals surface area contributed by atoms with E-state index in [1.807, 2.05) is 24.3 Å². The first kappa shape index (κ1) is 20.9. The molecule has 0 fully saturated rings. The van der Waals surface area contributed by atoms with Crippen molar-refractivity contribution in [1.82, 2.24) is 20.6 Å². The van der Waals surface area contributed by atoms with E-state index < -0.39 is 6.04 Å². The summed E-state index contributed by atoms with van der Waals surface area (Å²) in [6, 6.07) is 13.3. The Morgan fingerprint density at radius 2 is 1.72 bits per heavy atom. The molecule has 0 saturated carbocycles. The van der Waals surface area contributed by atoms with Gasteiger partial charge in [-0.25, -0.2) is 4.98 Å². The molecule has 0 aliphatic heterocycles. The molecule has 0 aliphatic carbocycles. The van der Waals surface area contributed by atoms with Gasteiger partial charge in [0, 0.05) is 10.6 Å². The number of halogens is 1. The van der Waals surface area contributed by atoms with Crippen molar-refractivity contribution in [3.8, 4) is 0 Å². The van der Waals surface area contributed by atoms with Gasteiger partial charge in [-0.2, -0.15) is 0 Å². The van der Waals surface area contributed by atoms with Gasteiger partial charge in [-0.15, -0.1) is 0 Å². The van der Waals surface area contributed by atoms with Crippen LogP contribution in [0.1, 0.15) is 49.4 Å². The Kier molecular flexibility index (Phi) is 6.54. The summed E-state index contributed by atoms with van der Waals surface area (Å²) in [5.41, 5.74) is 2.23. The number of nitrogens with one attached hydrogen (secondary N) is 3. The topological polar surface area (TPSA) is 86.9 Å². The predicted molar refractivity (Wildman–Crippen MR) is 115 cm³/mol. The molecule has 2 aromatic carbocycles. The summed E-state index contributed by atoms with van der Waals surface area (Å²) in [5, 5.41) is 6.30. The molecule has 0 radical (unpaired) electrons. The highest BCUT2D eigenvalue weighted by molar-refractivity contribution is 6.30. The van der Waals surface area contributed by atoms with Crippen LogP contribution >= 0.6 is 11.6 Å². The SMILES string of the molecule is CC(C)CC(NC(=O)C(C)NC(=O)c1ccc(Cl)cc1)c1nc2ccccc2[nH]1. The van der Waals surface area contributed by atoms with E-state index in [4.69, 9.17) is 11.6 Å². The normalized spacial score (nSPS) is 13.3. The minimum Gasteiger partial charge on any atom is -0.344 e. The van der Waals surface area contributed by atoms with Crippen molar-refractivity contribution in [2.75, 3.05) is 0 Å². The fraction of sp³-hybridized carbons (Fsp3) is 0.318. The Hall–Kier alpha value is -2.86. The fourth-order valence-corrected chi connectivity index (χ4v) is 3.22. The number of aromatic amines is 1. The van der Waals surface area contributed by atoms with E-state index >= 15 is 0 Å². The largest absolute Gasteiger partial charge is 0.344 e. The zero-order valence-electron chi connectivity index (χ0n) is 16.7. The van der Waals surface area contributed by atoms with Gasteiger partial charge in [0.05, 0.1) is 17.1 Å². The number of carbonyl (C=O) groups excluding carboxylic acids is 2. The van der Waals surface area contributed by atoms with Gasteiger partial charge in [0.25, 0.3) is 5.91 Å². The molecule has 1 heterocycles. The van der Waals surface area contributed by atoms with Crippen LogP contribution in [0.2, 0.25) is 5.02 Å². The molecular formula is C22H25ClN4O2. The van der Waals surface area contributed by atoms with Gasteiger partial charge in [0.15, 0.2) is 0 Å². The van der Waals surface area contributed by atoms with Crippen molar-refractivity contribution in [2.45, 2.75) is 39.3 Å². The number of amides is 2. The van der Waals surface area contributed by atoms with Crippen LogP contribution in [0.5, 0.6) is 0 Å². The first-order chi connectivity index (χ1) is 13.8. The lowest BCUT2D eigenvalue weighted by Gasteiger charge is -2.21. The number of para-hydroxylation sites is 2. The van der Waals surface area contributed by atoms with Crippen molar-refractivity contribution in [1.29, 1.82) is 0 Å². The quantitative estimate of drug-likeness (QED) is 0.542. The van der Waals surface area contributed by atoms with E-state index in [1.165, 1.54) is 0 Å². The first-order valence-corrected chi connectivity index (χ1v) is 10.0. The Morgan fingerprint density at radius 3 is 2.38 bits per heavy atom. The number of H-pyrrole nitrogens is 1. The summed E-state index contributed by atoms with van der Waals surface area (Å²) in [6.45, 7) is 5.84. The molecule has 0 saturated heterocycles. The molecule has 0 spiro atoms. The average Bonchev–Trinajstić information content (AvgIpc) is 3.11. The van der Waals surface area contributed by atoms with Gasteiger partial charge >= 0.3 is 0 Å². The molecule has 6 nitrogen and oxygen atoms in total. The monoisotopic (exact) mass is 412 g/mol. The third kappa shape index (κ3) is 5.35. The molecule has 152 valence electrons. The summed E-state index contributed by atoms with van der Waals surface area (Å²) < 4.78 is 0. The summed E-state index contributed by atoms with van der Waals surface area (Å²) in [6.07, 6.45) is 0.726. The zero-order valence-corrected chi connectivity index (χ0v) is 17.5. The van der Waals surface area contributed by atoms with Crippen LogP contribution in [-0.2, 0) is 4.79 Å². The van der Waals surface area contributed by atoms with Crippen LogP contribution in [0, 0.1) is 5.92 Å². The van der Waals surface area contributed by atoms with Crippen LogP contribution < -0.4 is 10.6 Å². The second kappa shape index (κ2) is 9.09. The number of hydrogen-bond donors (Lipinski definition) is 3. The Labute approximate surface area is 175 Å². The Bertz CT molecular complexity index is 964. The van der Waals surface area contributed by atoms with Gasteiger partial charge in [0.1, 0.15) is 11.9 Å². The minimum absolute atomic E-state index is 0.265. The van der Waals surface area contributed by atoms with Crippen molar-refractivity contribution in [2.24, 2.45) is 5.92 Å². The minimum atomic E-state index is -0.697. The lowest BCUT2D eigenvalue weighted by atomic mass is 10.0. The molecule has 2 amide bonds. The fourth-order valence-electron chi connectivity index (χ4n) is 3.09. The number of aromatic nitrogens is 2. The summed E-state index contributed by atoms with van der Waals surface area (Å²) in [7, 11) is 0. The molecule has 29 heavy (non-hydrogen) atoms. The van der Waals surface area contributed by atoms with Crippen LogP contribution in [-0.4, -0.2) is 27.8 Å². The summed E-state index contributed by atoms with van der Waals surface area (Å²) >= 11 is 5.85. The van der Waals surface area contributed by atoms with E-state index in [-0.39, 0.29) is 17.9 Å². The lowest BCUT2D eigenvalue weighted by molar-refractivity contribution is -0.123. The number of nitrogens with zero attached hydrogens (tertiary/aromatic N) is 1. The summed E-state index contributed by atoms with van der Waals surface area (Å²) in [4.78, 5) is 33.0. The number of imidazole rings is 1. The standard InChI is InChI=1S/C22H25ClN4O2/c1-13(2)12-19(20-25-17-6-4-5-7-18(17)26-20)27-21(28)14(3)24-22(29)15-8-10-16(23)11-9-15/h4-11,13-14,19H,12H2,1-3H3,(H,24,29)(H,25,26)(H,27,28). The van der Waals surface area contributed by atoms with Crippen LogP contribution in [0.4, 0.5) is 0 Å². The molecular weight excluding hydrogens is 388 g/mol. The van der Waals surface area contributed by atoms with Crippen molar-refractivity contribution in [3.05, 3.63) is 64.9 Å². The average molecular weight is 413 g/mol. The van der Waals surface area contributed by atoms with Crippen LogP contribution in [0.3, 0.4) is 0 Å². The van der Waals surface area contributed by atoms with Gasteiger partial charge in [-0.1, -0.05) is 37.6 Å². The number of rotatable bonds is 7. The number of hydrogen-bond acceptors (Lipinski definition) is 3. The van der Waals surface area contributed by atoms with E-state index in [0.717, 1.165) is 17.5 Å². The van der Waals surface area contributed by atoms with Crippen molar-refractivity contribution >= 4 is 34.4 Å². The van der Waals surface area contributed by atoms with E-state index in [1.54, 1.807) is 31.2 Å².